The van der Waals surface area contributed by atoms with Crippen LogP contribution >= 0.6 is 0 Å². The number of halogens is 3. The molecule has 0 fully saturated rings. The predicted octanol–water partition coefficient (Wildman–Crippen LogP) is 0.916. The summed E-state index contributed by atoms with van der Waals surface area (Å²) in [5.74, 6) is -1.11. The zero-order valence-electron chi connectivity index (χ0n) is 6.35. The lowest BCUT2D eigenvalue weighted by Crippen LogP contribution is -2.14. The van der Waals surface area contributed by atoms with E-state index in [-0.39, 0.29) is 5.69 Å². The molecule has 0 radical (unpaired) electrons. The van der Waals surface area contributed by atoms with Crippen LogP contribution in [0.3, 0.4) is 0 Å². The minimum absolute atomic E-state index is 0.317. The predicted molar refractivity (Wildman–Crippen MR) is 36.9 cm³/mol. The van der Waals surface area contributed by atoms with Crippen molar-refractivity contribution in [3.63, 3.8) is 0 Å². The van der Waals surface area contributed by atoms with Gasteiger partial charge in [-0.15, -0.1) is 0 Å². The van der Waals surface area contributed by atoms with Gasteiger partial charge in [-0.05, 0) is 0 Å². The fraction of sp³-hybridized carbons (Fsp3) is 0.333. The number of aromatic nitrogens is 2. The van der Waals surface area contributed by atoms with Crippen molar-refractivity contribution in [2.24, 2.45) is 5.73 Å². The van der Waals surface area contributed by atoms with Crippen molar-refractivity contribution < 1.29 is 18.0 Å². The second kappa shape index (κ2) is 3.46. The first kappa shape index (κ1) is 9.56. The number of amides is 1. The summed E-state index contributed by atoms with van der Waals surface area (Å²) >= 11 is 0. The Bertz CT molecular complexity index is 323. The highest BCUT2D eigenvalue weighted by Crippen LogP contribution is 2.22. The minimum Gasteiger partial charge on any atom is -0.365 e. The topological polar surface area (TPSA) is 71.8 Å². The van der Waals surface area contributed by atoms with Gasteiger partial charge in [0.25, 0.3) is 12.3 Å². The monoisotopic (exact) mass is 193 g/mol. The van der Waals surface area contributed by atoms with Crippen LogP contribution in [0, 0.1) is 0 Å². The fourth-order valence-corrected chi connectivity index (χ4v) is 0.924. The molecule has 1 rings (SSSR count). The molecule has 1 heterocycles. The SMILES string of the molecule is NC(=O)c1c(C(F)F)n[nH]c1CF. The molecule has 1 amide bonds. The molecule has 3 N–H and O–H groups in total. The number of carbonyl (C=O) groups is 1. The van der Waals surface area contributed by atoms with Crippen LogP contribution < -0.4 is 5.73 Å². The molecule has 0 aliphatic heterocycles. The normalized spacial score (nSPS) is 10.8. The van der Waals surface area contributed by atoms with Crippen molar-refractivity contribution >= 4 is 5.91 Å². The Kier molecular flexibility index (Phi) is 2.54. The molecule has 4 nitrogen and oxygen atoms in total. The zero-order chi connectivity index (χ0) is 10.0. The van der Waals surface area contributed by atoms with Crippen LogP contribution in [0.1, 0.15) is 28.2 Å². The first-order chi connectivity index (χ1) is 6.07. The number of hydrogen-bond donors (Lipinski definition) is 2. The van der Waals surface area contributed by atoms with E-state index in [1.54, 1.807) is 0 Å². The summed E-state index contributed by atoms with van der Waals surface area (Å²) < 4.78 is 36.3. The number of primary amides is 1. The number of nitrogens with zero attached hydrogens (tertiary/aromatic N) is 1. The Morgan fingerprint density at radius 2 is 2.23 bits per heavy atom. The number of H-pyrrole nitrogens is 1. The first-order valence-corrected chi connectivity index (χ1v) is 3.29. The lowest BCUT2D eigenvalue weighted by molar-refractivity contribution is 0.0983. The summed E-state index contributed by atoms with van der Waals surface area (Å²) in [7, 11) is 0. The Hall–Kier alpha value is -1.53. The maximum atomic E-state index is 12.1. The van der Waals surface area contributed by atoms with Crippen LogP contribution in [0.5, 0.6) is 0 Å². The van der Waals surface area contributed by atoms with E-state index < -0.39 is 30.3 Å². The fourth-order valence-electron chi connectivity index (χ4n) is 0.924. The van der Waals surface area contributed by atoms with E-state index >= 15 is 0 Å². The summed E-state index contributed by atoms with van der Waals surface area (Å²) in [6.07, 6.45) is -2.95. The third-order valence-electron chi connectivity index (χ3n) is 1.46. The third-order valence-corrected chi connectivity index (χ3v) is 1.46. The zero-order valence-corrected chi connectivity index (χ0v) is 6.35. The molecule has 0 saturated heterocycles. The Morgan fingerprint density at radius 1 is 1.62 bits per heavy atom. The van der Waals surface area contributed by atoms with Gasteiger partial charge in [0.1, 0.15) is 12.4 Å². The van der Waals surface area contributed by atoms with Crippen molar-refractivity contribution in [1.29, 1.82) is 0 Å². The van der Waals surface area contributed by atoms with Gasteiger partial charge in [-0.1, -0.05) is 0 Å². The molecule has 0 aliphatic carbocycles. The Morgan fingerprint density at radius 3 is 2.62 bits per heavy atom. The molecule has 0 atom stereocenters. The molecule has 0 bridgehead atoms. The second-order valence-corrected chi connectivity index (χ2v) is 2.26. The summed E-state index contributed by atoms with van der Waals surface area (Å²) in [6, 6.07) is 0. The summed E-state index contributed by atoms with van der Waals surface area (Å²) in [5.41, 5.74) is 3.09. The van der Waals surface area contributed by atoms with Crippen molar-refractivity contribution in [3.05, 3.63) is 17.0 Å². The highest BCUT2D eigenvalue weighted by molar-refractivity contribution is 5.95. The molecule has 0 saturated carbocycles. The molecule has 0 spiro atoms. The van der Waals surface area contributed by atoms with E-state index in [1.807, 2.05) is 5.10 Å². The van der Waals surface area contributed by atoms with Gasteiger partial charge in [0, 0.05) is 0 Å². The van der Waals surface area contributed by atoms with Gasteiger partial charge in [-0.2, -0.15) is 5.10 Å². The lowest BCUT2D eigenvalue weighted by Gasteiger charge is -1.97. The summed E-state index contributed by atoms with van der Waals surface area (Å²) in [6.45, 7) is -1.09. The van der Waals surface area contributed by atoms with E-state index in [2.05, 4.69) is 5.10 Å². The number of carbonyl (C=O) groups excluding carboxylic acids is 1. The van der Waals surface area contributed by atoms with E-state index in [9.17, 15) is 18.0 Å². The summed E-state index contributed by atoms with van der Waals surface area (Å²) in [5, 5.41) is 5.07. The third kappa shape index (κ3) is 1.63. The van der Waals surface area contributed by atoms with Gasteiger partial charge < -0.3 is 5.73 Å². The van der Waals surface area contributed by atoms with Crippen LogP contribution in [0.4, 0.5) is 13.2 Å². The molecule has 0 unspecified atom stereocenters. The van der Waals surface area contributed by atoms with E-state index in [0.717, 1.165) is 0 Å². The van der Waals surface area contributed by atoms with Gasteiger partial charge in [0.15, 0.2) is 0 Å². The first-order valence-electron chi connectivity index (χ1n) is 3.29. The second-order valence-electron chi connectivity index (χ2n) is 2.26. The molecule has 7 heteroatoms. The highest BCUT2D eigenvalue weighted by atomic mass is 19.3. The van der Waals surface area contributed by atoms with Crippen molar-refractivity contribution in [3.8, 4) is 0 Å². The smallest absolute Gasteiger partial charge is 0.282 e. The van der Waals surface area contributed by atoms with E-state index in [4.69, 9.17) is 5.73 Å². The molecule has 72 valence electrons. The van der Waals surface area contributed by atoms with E-state index in [1.165, 1.54) is 0 Å². The lowest BCUT2D eigenvalue weighted by atomic mass is 10.2. The van der Waals surface area contributed by atoms with Crippen molar-refractivity contribution in [1.82, 2.24) is 10.2 Å². The number of hydrogen-bond acceptors (Lipinski definition) is 2. The average molecular weight is 193 g/mol. The number of alkyl halides is 3. The van der Waals surface area contributed by atoms with Gasteiger partial charge in [0.05, 0.1) is 11.3 Å². The molecule has 13 heavy (non-hydrogen) atoms. The Labute approximate surface area is 70.9 Å². The van der Waals surface area contributed by atoms with Gasteiger partial charge in [0.2, 0.25) is 0 Å². The number of nitrogens with two attached hydrogens (primary N) is 1. The van der Waals surface area contributed by atoms with Crippen molar-refractivity contribution in [2.75, 3.05) is 0 Å². The Balaban J connectivity index is 3.22. The van der Waals surface area contributed by atoms with Crippen LogP contribution in [-0.4, -0.2) is 16.1 Å². The van der Waals surface area contributed by atoms with Crippen LogP contribution in [0.25, 0.3) is 0 Å². The van der Waals surface area contributed by atoms with Gasteiger partial charge in [-0.3, -0.25) is 9.89 Å². The maximum absolute atomic E-state index is 12.1. The average Bonchev–Trinajstić information content (AvgIpc) is 2.46. The maximum Gasteiger partial charge on any atom is 0.282 e. The van der Waals surface area contributed by atoms with Crippen LogP contribution in [0.15, 0.2) is 0 Å². The van der Waals surface area contributed by atoms with Crippen LogP contribution in [-0.2, 0) is 6.67 Å². The van der Waals surface area contributed by atoms with Crippen molar-refractivity contribution in [2.45, 2.75) is 13.1 Å². The molecular formula is C6H6F3N3O. The quantitative estimate of drug-likeness (QED) is 0.748. The van der Waals surface area contributed by atoms with Gasteiger partial charge >= 0.3 is 0 Å². The standard InChI is InChI=1S/C6H6F3N3O/c7-1-2-3(6(10)13)4(5(8)9)12-11-2/h5H,1H2,(H2,10,13)(H,11,12). The number of aromatic amines is 1. The summed E-state index contributed by atoms with van der Waals surface area (Å²) in [4.78, 5) is 10.6. The number of rotatable bonds is 3. The number of nitrogens with one attached hydrogen (secondary N) is 1. The molecule has 1 aromatic heterocycles. The molecule has 0 aromatic carbocycles. The molecule has 1 aromatic rings. The molecule has 0 aliphatic rings. The highest BCUT2D eigenvalue weighted by Gasteiger charge is 2.24. The largest absolute Gasteiger partial charge is 0.365 e. The molecular weight excluding hydrogens is 187 g/mol. The van der Waals surface area contributed by atoms with Crippen LogP contribution in [0.2, 0.25) is 0 Å². The van der Waals surface area contributed by atoms with Gasteiger partial charge in [-0.25, -0.2) is 13.2 Å². The van der Waals surface area contributed by atoms with E-state index in [0.29, 0.717) is 0 Å². The minimum atomic E-state index is -2.95.